The highest BCUT2D eigenvalue weighted by molar-refractivity contribution is 7.89. The van der Waals surface area contributed by atoms with Gasteiger partial charge in [-0.3, -0.25) is 4.79 Å². The molecule has 2 aromatic rings. The number of anilines is 1. The van der Waals surface area contributed by atoms with Gasteiger partial charge in [0.1, 0.15) is 5.75 Å². The number of piperidine rings is 1. The number of carbonyl (C=O) groups excluding carboxylic acids is 1. The smallest absolute Gasteiger partial charge is 0.259 e. The van der Waals surface area contributed by atoms with Gasteiger partial charge in [-0.2, -0.15) is 4.31 Å². The number of ether oxygens (including phenoxy) is 1. The average molecular weight is 386 g/mol. The van der Waals surface area contributed by atoms with E-state index < -0.39 is 10.0 Å². The zero-order valence-corrected chi connectivity index (χ0v) is 16.2. The Hall–Kier alpha value is -2.38. The van der Waals surface area contributed by atoms with E-state index in [-0.39, 0.29) is 22.4 Å². The molecule has 0 unspecified atom stereocenters. The van der Waals surface area contributed by atoms with E-state index in [1.54, 1.807) is 12.1 Å². The minimum atomic E-state index is -3.66. The SMILES string of the molecule is Cc1ccc2c(c1)Oc1ccc(S(=O)(=O)N3CCCC[C@H]3C)cc1C(=O)N2. The molecule has 1 fully saturated rings. The van der Waals surface area contributed by atoms with Crippen molar-refractivity contribution in [2.75, 3.05) is 11.9 Å². The van der Waals surface area contributed by atoms with Crippen molar-refractivity contribution in [3.8, 4) is 11.5 Å². The number of benzene rings is 2. The van der Waals surface area contributed by atoms with Crippen LogP contribution in [0.4, 0.5) is 5.69 Å². The molecule has 1 N–H and O–H groups in total. The van der Waals surface area contributed by atoms with Crippen LogP contribution in [0.5, 0.6) is 11.5 Å². The van der Waals surface area contributed by atoms with Gasteiger partial charge in [-0.25, -0.2) is 8.42 Å². The lowest BCUT2D eigenvalue weighted by Gasteiger charge is -2.32. The summed E-state index contributed by atoms with van der Waals surface area (Å²) in [5.74, 6) is 0.515. The first-order valence-electron chi connectivity index (χ1n) is 9.12. The molecule has 0 aromatic heterocycles. The number of carbonyl (C=O) groups is 1. The van der Waals surface area contributed by atoms with Crippen LogP contribution in [0.15, 0.2) is 41.3 Å². The maximum Gasteiger partial charge on any atom is 0.259 e. The van der Waals surface area contributed by atoms with E-state index in [0.29, 0.717) is 23.7 Å². The Balaban J connectivity index is 1.74. The molecule has 0 radical (unpaired) electrons. The summed E-state index contributed by atoms with van der Waals surface area (Å²) < 4.78 is 33.6. The van der Waals surface area contributed by atoms with Gasteiger partial charge in [0, 0.05) is 12.6 Å². The summed E-state index contributed by atoms with van der Waals surface area (Å²) in [6.45, 7) is 4.37. The van der Waals surface area contributed by atoms with Crippen LogP contribution in [0, 0.1) is 6.92 Å². The maximum atomic E-state index is 13.1. The Kier molecular flexibility index (Phi) is 4.44. The first-order valence-corrected chi connectivity index (χ1v) is 10.6. The molecule has 1 saturated heterocycles. The van der Waals surface area contributed by atoms with Crippen molar-refractivity contribution in [2.45, 2.75) is 44.0 Å². The van der Waals surface area contributed by atoms with Crippen molar-refractivity contribution >= 4 is 21.6 Å². The molecule has 6 nitrogen and oxygen atoms in total. The van der Waals surface area contributed by atoms with Crippen molar-refractivity contribution in [3.63, 3.8) is 0 Å². The van der Waals surface area contributed by atoms with E-state index in [1.807, 2.05) is 26.0 Å². The Labute approximate surface area is 159 Å². The highest BCUT2D eigenvalue weighted by Crippen LogP contribution is 2.37. The zero-order valence-electron chi connectivity index (χ0n) is 15.4. The van der Waals surface area contributed by atoms with Gasteiger partial charge in [0.15, 0.2) is 5.75 Å². The Bertz CT molecular complexity index is 1020. The largest absolute Gasteiger partial charge is 0.454 e. The number of rotatable bonds is 2. The van der Waals surface area contributed by atoms with Crippen molar-refractivity contribution in [1.29, 1.82) is 0 Å². The first-order chi connectivity index (χ1) is 12.9. The molecule has 4 rings (SSSR count). The molecule has 0 bridgehead atoms. The van der Waals surface area contributed by atoms with Gasteiger partial charge in [-0.15, -0.1) is 0 Å². The predicted octanol–water partition coefficient (Wildman–Crippen LogP) is 3.92. The van der Waals surface area contributed by atoms with E-state index in [2.05, 4.69) is 5.32 Å². The molecule has 1 atom stereocenters. The molecule has 0 saturated carbocycles. The average Bonchev–Trinajstić information content (AvgIpc) is 2.77. The van der Waals surface area contributed by atoms with Crippen LogP contribution < -0.4 is 10.1 Å². The molecule has 2 aliphatic rings. The van der Waals surface area contributed by atoms with Crippen LogP contribution in [0.25, 0.3) is 0 Å². The second kappa shape index (κ2) is 6.65. The summed E-state index contributed by atoms with van der Waals surface area (Å²) in [5.41, 5.74) is 1.79. The van der Waals surface area contributed by atoms with Crippen LogP contribution >= 0.6 is 0 Å². The number of amides is 1. The van der Waals surface area contributed by atoms with Gasteiger partial charge < -0.3 is 10.1 Å². The van der Waals surface area contributed by atoms with Gasteiger partial charge in [0.05, 0.1) is 16.1 Å². The molecular weight excluding hydrogens is 364 g/mol. The number of fused-ring (bicyclic) bond motifs is 2. The number of nitrogens with zero attached hydrogens (tertiary/aromatic N) is 1. The van der Waals surface area contributed by atoms with Crippen molar-refractivity contribution in [2.24, 2.45) is 0 Å². The summed E-state index contributed by atoms with van der Waals surface area (Å²) in [7, 11) is -3.66. The lowest BCUT2D eigenvalue weighted by atomic mass is 10.1. The van der Waals surface area contributed by atoms with Crippen LogP contribution in [0.1, 0.15) is 42.1 Å². The third kappa shape index (κ3) is 3.21. The maximum absolute atomic E-state index is 13.1. The lowest BCUT2D eigenvalue weighted by Crippen LogP contribution is -2.41. The Morgan fingerprint density at radius 3 is 2.70 bits per heavy atom. The third-order valence-corrected chi connectivity index (χ3v) is 7.16. The standard InChI is InChI=1S/C20H22N2O4S/c1-13-6-8-17-19(11-13)26-18-9-7-15(12-16(18)20(23)21-17)27(24,25)22-10-4-3-5-14(22)2/h6-9,11-12,14H,3-5,10H2,1-2H3,(H,21,23)/t14-/m1/s1. The first kappa shape index (κ1) is 18.0. The molecule has 0 spiro atoms. The lowest BCUT2D eigenvalue weighted by molar-refractivity contribution is 0.102. The highest BCUT2D eigenvalue weighted by atomic mass is 32.2. The Morgan fingerprint density at radius 1 is 1.11 bits per heavy atom. The third-order valence-electron chi connectivity index (χ3n) is 5.15. The molecule has 7 heteroatoms. The minimum Gasteiger partial charge on any atom is -0.454 e. The second-order valence-corrected chi connectivity index (χ2v) is 9.06. The monoisotopic (exact) mass is 386 g/mol. The highest BCUT2D eigenvalue weighted by Gasteiger charge is 2.32. The number of hydrogen-bond donors (Lipinski definition) is 1. The van der Waals surface area contributed by atoms with Crippen molar-refractivity contribution in [3.05, 3.63) is 47.5 Å². The molecule has 2 aromatic carbocycles. The number of sulfonamides is 1. The summed E-state index contributed by atoms with van der Waals surface area (Å²) in [6, 6.07) is 9.95. The fraction of sp³-hybridized carbons (Fsp3) is 0.350. The van der Waals surface area contributed by atoms with E-state index >= 15 is 0 Å². The van der Waals surface area contributed by atoms with Crippen LogP contribution in [0.3, 0.4) is 0 Å². The number of aryl methyl sites for hydroxylation is 1. The van der Waals surface area contributed by atoms with E-state index in [4.69, 9.17) is 4.74 Å². The van der Waals surface area contributed by atoms with Crippen molar-refractivity contribution in [1.82, 2.24) is 4.31 Å². The van der Waals surface area contributed by atoms with Gasteiger partial charge >= 0.3 is 0 Å². The van der Waals surface area contributed by atoms with E-state index in [1.165, 1.54) is 16.4 Å². The quantitative estimate of drug-likeness (QED) is 0.849. The number of hydrogen-bond acceptors (Lipinski definition) is 4. The van der Waals surface area contributed by atoms with Gasteiger partial charge in [-0.1, -0.05) is 12.5 Å². The molecular formula is C20H22N2O4S. The summed E-state index contributed by atoms with van der Waals surface area (Å²) in [5, 5.41) is 2.80. The summed E-state index contributed by atoms with van der Waals surface area (Å²) in [6.07, 6.45) is 2.74. The fourth-order valence-corrected chi connectivity index (χ4v) is 5.35. The van der Waals surface area contributed by atoms with Crippen molar-refractivity contribution < 1.29 is 17.9 Å². The summed E-state index contributed by atoms with van der Waals surface area (Å²) >= 11 is 0. The van der Waals surface area contributed by atoms with E-state index in [9.17, 15) is 13.2 Å². The molecule has 2 aliphatic heterocycles. The van der Waals surface area contributed by atoms with Gasteiger partial charge in [0.2, 0.25) is 10.0 Å². The topological polar surface area (TPSA) is 75.7 Å². The fourth-order valence-electron chi connectivity index (χ4n) is 3.63. The summed E-state index contributed by atoms with van der Waals surface area (Å²) in [4.78, 5) is 12.8. The van der Waals surface area contributed by atoms with E-state index in [0.717, 1.165) is 24.8 Å². The number of nitrogens with one attached hydrogen (secondary N) is 1. The van der Waals surface area contributed by atoms with Gasteiger partial charge in [-0.05, 0) is 62.6 Å². The second-order valence-electron chi connectivity index (χ2n) is 7.17. The predicted molar refractivity (Wildman–Crippen MR) is 103 cm³/mol. The molecule has 27 heavy (non-hydrogen) atoms. The van der Waals surface area contributed by atoms with Gasteiger partial charge in [0.25, 0.3) is 5.91 Å². The minimum absolute atomic E-state index is 0.0418. The zero-order chi connectivity index (χ0) is 19.2. The molecule has 2 heterocycles. The normalized spacial score (nSPS) is 20.1. The molecule has 1 amide bonds. The molecule has 0 aliphatic carbocycles. The van der Waals surface area contributed by atoms with Crippen LogP contribution in [-0.2, 0) is 10.0 Å². The van der Waals surface area contributed by atoms with Crippen LogP contribution in [-0.4, -0.2) is 31.2 Å². The molecule has 142 valence electrons. The van der Waals surface area contributed by atoms with Crippen LogP contribution in [0.2, 0.25) is 0 Å². The Morgan fingerprint density at radius 2 is 1.93 bits per heavy atom.